The van der Waals surface area contributed by atoms with Crippen molar-refractivity contribution in [2.75, 3.05) is 6.61 Å². The summed E-state index contributed by atoms with van der Waals surface area (Å²) in [5.41, 5.74) is 2.78. The standard InChI is InChI=1S/C24H38N2O3/c1-5-29-24(28)22-14-17(3)26(18(22)4)15-19-8-10-20(11-9-19)23(27)25-21-12-6-16(2)7-13-21/h14,16,19-21H,5-13,15H2,1-4H3,(H,25,27). The lowest BCUT2D eigenvalue weighted by Crippen LogP contribution is -2.41. The van der Waals surface area contributed by atoms with Gasteiger partial charge >= 0.3 is 5.97 Å². The number of carbonyl (C=O) groups excluding carboxylic acids is 2. The van der Waals surface area contributed by atoms with E-state index >= 15 is 0 Å². The molecule has 5 heteroatoms. The molecule has 0 saturated heterocycles. The highest BCUT2D eigenvalue weighted by molar-refractivity contribution is 5.91. The van der Waals surface area contributed by atoms with E-state index in [1.807, 2.05) is 19.9 Å². The number of hydrogen-bond acceptors (Lipinski definition) is 3. The summed E-state index contributed by atoms with van der Waals surface area (Å²) in [4.78, 5) is 24.8. The molecule has 0 spiro atoms. The molecule has 0 radical (unpaired) electrons. The van der Waals surface area contributed by atoms with Gasteiger partial charge in [0.15, 0.2) is 0 Å². The molecule has 5 nitrogen and oxygen atoms in total. The molecule has 0 atom stereocenters. The van der Waals surface area contributed by atoms with E-state index in [0.29, 0.717) is 24.1 Å². The van der Waals surface area contributed by atoms with Crippen LogP contribution in [0.25, 0.3) is 0 Å². The molecule has 0 aromatic carbocycles. The molecule has 2 fully saturated rings. The van der Waals surface area contributed by atoms with Gasteiger partial charge in [-0.3, -0.25) is 4.79 Å². The quantitative estimate of drug-likeness (QED) is 0.697. The third-order valence-corrected chi connectivity index (χ3v) is 7.09. The second-order valence-electron chi connectivity index (χ2n) is 9.30. The molecule has 162 valence electrons. The van der Waals surface area contributed by atoms with E-state index in [4.69, 9.17) is 4.74 Å². The highest BCUT2D eigenvalue weighted by atomic mass is 16.5. The van der Waals surface area contributed by atoms with Crippen LogP contribution in [0, 0.1) is 31.6 Å². The van der Waals surface area contributed by atoms with Crippen LogP contribution in [-0.2, 0) is 16.1 Å². The predicted octanol–water partition coefficient (Wildman–Crippen LogP) is 4.78. The molecule has 1 aromatic heterocycles. The molecule has 2 aliphatic rings. The van der Waals surface area contributed by atoms with Crippen LogP contribution < -0.4 is 5.32 Å². The molecule has 29 heavy (non-hydrogen) atoms. The molecule has 1 aromatic rings. The Hall–Kier alpha value is -1.78. The number of nitrogens with zero attached hydrogens (tertiary/aromatic N) is 1. The molecule has 2 aliphatic carbocycles. The van der Waals surface area contributed by atoms with Crippen molar-refractivity contribution >= 4 is 11.9 Å². The Morgan fingerprint density at radius 3 is 2.34 bits per heavy atom. The van der Waals surface area contributed by atoms with Crippen molar-refractivity contribution in [3.63, 3.8) is 0 Å². The molecule has 1 N–H and O–H groups in total. The fraction of sp³-hybridized carbons (Fsp3) is 0.750. The topological polar surface area (TPSA) is 60.3 Å². The zero-order chi connectivity index (χ0) is 21.0. The van der Waals surface area contributed by atoms with Crippen LogP contribution >= 0.6 is 0 Å². The van der Waals surface area contributed by atoms with Crippen molar-refractivity contribution in [1.29, 1.82) is 0 Å². The maximum absolute atomic E-state index is 12.7. The predicted molar refractivity (Wildman–Crippen MR) is 115 cm³/mol. The van der Waals surface area contributed by atoms with Crippen molar-refractivity contribution in [1.82, 2.24) is 9.88 Å². The van der Waals surface area contributed by atoms with Crippen LogP contribution in [0.5, 0.6) is 0 Å². The van der Waals surface area contributed by atoms with E-state index < -0.39 is 0 Å². The summed E-state index contributed by atoms with van der Waals surface area (Å²) in [5, 5.41) is 3.32. The van der Waals surface area contributed by atoms with Crippen molar-refractivity contribution in [3.8, 4) is 0 Å². The number of hydrogen-bond donors (Lipinski definition) is 1. The number of nitrogens with one attached hydrogen (secondary N) is 1. The first-order chi connectivity index (χ1) is 13.9. The van der Waals surface area contributed by atoms with Crippen molar-refractivity contribution < 1.29 is 14.3 Å². The minimum atomic E-state index is -0.232. The van der Waals surface area contributed by atoms with Crippen LogP contribution in [0.3, 0.4) is 0 Å². The first-order valence-corrected chi connectivity index (χ1v) is 11.5. The number of esters is 1. The first-order valence-electron chi connectivity index (χ1n) is 11.5. The minimum Gasteiger partial charge on any atom is -0.462 e. The van der Waals surface area contributed by atoms with Crippen molar-refractivity contribution in [3.05, 3.63) is 23.0 Å². The first kappa shape index (κ1) is 21.9. The number of rotatable bonds is 6. The summed E-state index contributed by atoms with van der Waals surface area (Å²) < 4.78 is 7.43. The summed E-state index contributed by atoms with van der Waals surface area (Å²) in [6.45, 7) is 9.52. The Labute approximate surface area is 175 Å². The van der Waals surface area contributed by atoms with E-state index in [-0.39, 0.29) is 17.8 Å². The Morgan fingerprint density at radius 2 is 1.72 bits per heavy atom. The van der Waals surface area contributed by atoms with Gasteiger partial charge in [-0.25, -0.2) is 4.79 Å². The zero-order valence-electron chi connectivity index (χ0n) is 18.6. The molecule has 1 heterocycles. The monoisotopic (exact) mass is 402 g/mol. The Balaban J connectivity index is 1.50. The van der Waals surface area contributed by atoms with Gasteiger partial charge in [-0.2, -0.15) is 0 Å². The second kappa shape index (κ2) is 9.82. The highest BCUT2D eigenvalue weighted by Crippen LogP contribution is 2.32. The lowest BCUT2D eigenvalue weighted by atomic mass is 9.81. The smallest absolute Gasteiger partial charge is 0.339 e. The molecular weight excluding hydrogens is 364 g/mol. The summed E-state index contributed by atoms with van der Waals surface area (Å²) in [5.74, 6) is 1.59. The van der Waals surface area contributed by atoms with Crippen LogP contribution in [0.15, 0.2) is 6.07 Å². The number of aryl methyl sites for hydroxylation is 1. The van der Waals surface area contributed by atoms with E-state index in [1.165, 1.54) is 12.8 Å². The molecule has 0 aliphatic heterocycles. The van der Waals surface area contributed by atoms with E-state index in [2.05, 4.69) is 23.7 Å². The van der Waals surface area contributed by atoms with Gasteiger partial charge in [0, 0.05) is 29.9 Å². The number of carbonyl (C=O) groups is 2. The summed E-state index contributed by atoms with van der Waals surface area (Å²) >= 11 is 0. The maximum Gasteiger partial charge on any atom is 0.339 e. The molecule has 0 unspecified atom stereocenters. The van der Waals surface area contributed by atoms with Crippen LogP contribution in [0.1, 0.15) is 87.0 Å². The normalized spacial score (nSPS) is 27.4. The molecule has 0 bridgehead atoms. The number of amides is 1. The fourth-order valence-electron chi connectivity index (χ4n) is 5.09. The zero-order valence-corrected chi connectivity index (χ0v) is 18.6. The van der Waals surface area contributed by atoms with Crippen LogP contribution in [0.4, 0.5) is 0 Å². The lowest BCUT2D eigenvalue weighted by molar-refractivity contribution is -0.127. The number of aromatic nitrogens is 1. The van der Waals surface area contributed by atoms with Crippen molar-refractivity contribution in [2.45, 2.75) is 91.6 Å². The van der Waals surface area contributed by atoms with E-state index in [0.717, 1.165) is 62.4 Å². The minimum absolute atomic E-state index is 0.174. The van der Waals surface area contributed by atoms with E-state index in [9.17, 15) is 9.59 Å². The lowest BCUT2D eigenvalue weighted by Gasteiger charge is -2.32. The molecular formula is C24H38N2O3. The van der Waals surface area contributed by atoms with Gasteiger partial charge in [-0.15, -0.1) is 0 Å². The molecule has 3 rings (SSSR count). The van der Waals surface area contributed by atoms with Gasteiger partial charge in [-0.05, 0) is 90.0 Å². The summed E-state index contributed by atoms with van der Waals surface area (Å²) in [6.07, 6.45) is 8.85. The average molecular weight is 403 g/mol. The summed E-state index contributed by atoms with van der Waals surface area (Å²) in [7, 11) is 0. The Morgan fingerprint density at radius 1 is 1.07 bits per heavy atom. The van der Waals surface area contributed by atoms with Gasteiger partial charge < -0.3 is 14.6 Å². The second-order valence-corrected chi connectivity index (χ2v) is 9.30. The van der Waals surface area contributed by atoms with Crippen LogP contribution in [-0.4, -0.2) is 29.1 Å². The van der Waals surface area contributed by atoms with Crippen LogP contribution in [0.2, 0.25) is 0 Å². The third kappa shape index (κ3) is 5.43. The SMILES string of the molecule is CCOC(=O)c1cc(C)n(CC2CCC(C(=O)NC3CCC(C)CC3)CC2)c1C. The van der Waals surface area contributed by atoms with Gasteiger partial charge in [0.1, 0.15) is 0 Å². The largest absolute Gasteiger partial charge is 0.462 e. The fourth-order valence-corrected chi connectivity index (χ4v) is 5.09. The van der Waals surface area contributed by atoms with Gasteiger partial charge in [0.05, 0.1) is 12.2 Å². The highest BCUT2D eigenvalue weighted by Gasteiger charge is 2.29. The summed E-state index contributed by atoms with van der Waals surface area (Å²) in [6, 6.07) is 2.33. The Kier molecular flexibility index (Phi) is 7.42. The van der Waals surface area contributed by atoms with E-state index in [1.54, 1.807) is 0 Å². The third-order valence-electron chi connectivity index (χ3n) is 7.09. The maximum atomic E-state index is 12.7. The molecule has 1 amide bonds. The number of ether oxygens (including phenoxy) is 1. The molecule has 2 saturated carbocycles. The van der Waals surface area contributed by atoms with Crippen molar-refractivity contribution in [2.24, 2.45) is 17.8 Å². The van der Waals surface area contributed by atoms with Gasteiger partial charge in [0.2, 0.25) is 5.91 Å². The van der Waals surface area contributed by atoms with Gasteiger partial charge in [-0.1, -0.05) is 6.92 Å². The van der Waals surface area contributed by atoms with Gasteiger partial charge in [0.25, 0.3) is 0 Å². The Bertz CT molecular complexity index is 708. The average Bonchev–Trinajstić information content (AvgIpc) is 2.99.